The molecule has 0 radical (unpaired) electrons. The topological polar surface area (TPSA) is 111 Å². The second-order valence-corrected chi connectivity index (χ2v) is 8.63. The van der Waals surface area contributed by atoms with Crippen molar-refractivity contribution < 1.29 is 14.3 Å². The number of carbonyl (C=O) groups is 1. The minimum Gasteiger partial charge on any atom is -0.497 e. The van der Waals surface area contributed by atoms with Crippen molar-refractivity contribution in [2.75, 3.05) is 19.5 Å². The number of benzene rings is 2. The summed E-state index contributed by atoms with van der Waals surface area (Å²) in [7, 11) is 3.03. The van der Waals surface area contributed by atoms with Gasteiger partial charge in [-0.1, -0.05) is 36.4 Å². The van der Waals surface area contributed by atoms with Crippen molar-refractivity contribution >= 4 is 23.1 Å². The first-order chi connectivity index (χ1) is 17.5. The van der Waals surface area contributed by atoms with Gasteiger partial charge in [0.05, 0.1) is 24.8 Å². The van der Waals surface area contributed by atoms with Gasteiger partial charge in [0.2, 0.25) is 5.95 Å². The van der Waals surface area contributed by atoms with Crippen LogP contribution in [0.5, 0.6) is 11.5 Å². The van der Waals surface area contributed by atoms with E-state index >= 15 is 0 Å². The van der Waals surface area contributed by atoms with Gasteiger partial charge in [-0.25, -0.2) is 4.98 Å². The van der Waals surface area contributed by atoms with Crippen molar-refractivity contribution in [1.29, 1.82) is 0 Å². The van der Waals surface area contributed by atoms with Crippen LogP contribution in [0.1, 0.15) is 10.4 Å². The van der Waals surface area contributed by atoms with E-state index in [0.29, 0.717) is 34.3 Å². The lowest BCUT2D eigenvalue weighted by Crippen LogP contribution is -2.19. The maximum atomic E-state index is 13.2. The summed E-state index contributed by atoms with van der Waals surface area (Å²) in [5.41, 5.74) is 1.87. The third kappa shape index (κ3) is 4.75. The van der Waals surface area contributed by atoms with Crippen LogP contribution in [-0.4, -0.2) is 39.9 Å². The molecule has 9 nitrogen and oxygen atoms in total. The Hall–Kier alpha value is -4.70. The van der Waals surface area contributed by atoms with E-state index in [0.717, 1.165) is 10.4 Å². The van der Waals surface area contributed by atoms with E-state index in [2.05, 4.69) is 20.4 Å². The number of methoxy groups -OCH3 is 2. The Bertz CT molecular complexity index is 1550. The van der Waals surface area contributed by atoms with E-state index in [1.807, 2.05) is 47.8 Å². The Morgan fingerprint density at radius 1 is 0.944 bits per heavy atom. The molecule has 36 heavy (non-hydrogen) atoms. The fraction of sp³-hybridized carbons (Fsp3) is 0.0769. The second-order valence-electron chi connectivity index (χ2n) is 7.68. The summed E-state index contributed by atoms with van der Waals surface area (Å²) in [5.74, 6) is 1.05. The number of ether oxygens (including phenoxy) is 2. The number of H-pyrrole nitrogens is 1. The molecule has 1 amide bonds. The zero-order valence-electron chi connectivity index (χ0n) is 19.4. The molecule has 0 unspecified atom stereocenters. The Morgan fingerprint density at radius 2 is 1.69 bits per heavy atom. The molecule has 0 aliphatic heterocycles. The van der Waals surface area contributed by atoms with E-state index < -0.39 is 5.91 Å². The molecule has 0 saturated heterocycles. The number of rotatable bonds is 7. The molecule has 180 valence electrons. The first kappa shape index (κ1) is 23.1. The molecule has 5 aromatic rings. The molecule has 3 aromatic heterocycles. The van der Waals surface area contributed by atoms with Crippen molar-refractivity contribution in [1.82, 2.24) is 19.7 Å². The van der Waals surface area contributed by atoms with E-state index in [1.54, 1.807) is 24.3 Å². The number of anilines is 1. The van der Waals surface area contributed by atoms with Crippen LogP contribution in [0.2, 0.25) is 0 Å². The monoisotopic (exact) mass is 499 g/mol. The number of hydrogen-bond donors (Lipinski definition) is 2. The van der Waals surface area contributed by atoms with E-state index in [1.165, 1.54) is 36.3 Å². The molecule has 0 aliphatic rings. The van der Waals surface area contributed by atoms with Gasteiger partial charge in [0.15, 0.2) is 0 Å². The highest BCUT2D eigenvalue weighted by molar-refractivity contribution is 7.13. The zero-order chi connectivity index (χ0) is 25.1. The molecule has 0 aliphatic carbocycles. The van der Waals surface area contributed by atoms with Crippen LogP contribution >= 0.6 is 11.3 Å². The van der Waals surface area contributed by atoms with Gasteiger partial charge in [-0.05, 0) is 23.6 Å². The van der Waals surface area contributed by atoms with Gasteiger partial charge in [-0.15, -0.1) is 11.3 Å². The van der Waals surface area contributed by atoms with Gasteiger partial charge in [-0.2, -0.15) is 9.78 Å². The minimum absolute atomic E-state index is 0.169. The third-order valence-corrected chi connectivity index (χ3v) is 6.23. The molecular formula is C26H21N5O4S. The fourth-order valence-electron chi connectivity index (χ4n) is 3.61. The van der Waals surface area contributed by atoms with Crippen molar-refractivity contribution in [2.45, 2.75) is 0 Å². The smallest absolute Gasteiger partial charge is 0.257 e. The van der Waals surface area contributed by atoms with Gasteiger partial charge in [0.25, 0.3) is 11.5 Å². The molecule has 0 spiro atoms. The lowest BCUT2D eigenvalue weighted by Gasteiger charge is -2.11. The molecule has 2 N–H and O–H groups in total. The highest BCUT2D eigenvalue weighted by atomic mass is 32.1. The Kier molecular flexibility index (Phi) is 6.33. The van der Waals surface area contributed by atoms with E-state index in [4.69, 9.17) is 9.47 Å². The summed E-state index contributed by atoms with van der Waals surface area (Å²) < 4.78 is 12.0. The number of aromatic nitrogens is 4. The van der Waals surface area contributed by atoms with Gasteiger partial charge in [-0.3, -0.25) is 14.6 Å². The molecular weight excluding hydrogens is 478 g/mol. The van der Waals surface area contributed by atoms with Crippen LogP contribution in [0.4, 0.5) is 5.82 Å². The molecule has 5 rings (SSSR count). The van der Waals surface area contributed by atoms with Gasteiger partial charge in [0.1, 0.15) is 23.0 Å². The molecule has 0 atom stereocenters. The standard InChI is InChI=1S/C26H21N5O4S/c1-34-18-11-17(12-19(13-18)35-2)25(33)28-23-14-21(22-9-6-10-36-22)30-31(23)26-27-20(15-24(32)29-26)16-7-4-3-5-8-16/h3-15H,1-2H3,(H,28,33)(H,27,29,32). The summed E-state index contributed by atoms with van der Waals surface area (Å²) in [6.45, 7) is 0. The summed E-state index contributed by atoms with van der Waals surface area (Å²) in [6, 6.07) is 21.2. The lowest BCUT2D eigenvalue weighted by molar-refractivity contribution is 0.102. The van der Waals surface area contributed by atoms with Crippen LogP contribution in [0.15, 0.2) is 83.0 Å². The summed E-state index contributed by atoms with van der Waals surface area (Å²) >= 11 is 1.51. The summed E-state index contributed by atoms with van der Waals surface area (Å²) in [4.78, 5) is 34.0. The van der Waals surface area contributed by atoms with Gasteiger partial charge < -0.3 is 14.8 Å². The Balaban J connectivity index is 1.59. The number of nitrogens with one attached hydrogen (secondary N) is 2. The van der Waals surface area contributed by atoms with Crippen molar-refractivity contribution in [3.8, 4) is 39.3 Å². The molecule has 0 saturated carbocycles. The van der Waals surface area contributed by atoms with Crippen LogP contribution < -0.4 is 20.3 Å². The Morgan fingerprint density at radius 3 is 2.36 bits per heavy atom. The van der Waals surface area contributed by atoms with Crippen LogP contribution in [0, 0.1) is 0 Å². The number of thiophene rings is 1. The number of amides is 1. The van der Waals surface area contributed by atoms with E-state index in [9.17, 15) is 9.59 Å². The predicted octanol–water partition coefficient (Wildman–Crippen LogP) is 4.62. The molecule has 0 bridgehead atoms. The minimum atomic E-state index is -0.410. The first-order valence-corrected chi connectivity index (χ1v) is 11.8. The highest BCUT2D eigenvalue weighted by Gasteiger charge is 2.18. The fourth-order valence-corrected chi connectivity index (χ4v) is 4.29. The van der Waals surface area contributed by atoms with Crippen LogP contribution in [0.3, 0.4) is 0 Å². The summed E-state index contributed by atoms with van der Waals surface area (Å²) in [5, 5.41) is 9.46. The second kappa shape index (κ2) is 9.88. The normalized spacial score (nSPS) is 10.7. The van der Waals surface area contributed by atoms with Crippen molar-refractivity contribution in [3.05, 3.63) is 94.1 Å². The average molecular weight is 500 g/mol. The third-order valence-electron chi connectivity index (χ3n) is 5.34. The maximum Gasteiger partial charge on any atom is 0.257 e. The van der Waals surface area contributed by atoms with Crippen LogP contribution in [0.25, 0.3) is 27.8 Å². The molecule has 10 heteroatoms. The zero-order valence-corrected chi connectivity index (χ0v) is 20.2. The van der Waals surface area contributed by atoms with Gasteiger partial charge in [0, 0.05) is 29.3 Å². The number of aromatic amines is 1. The van der Waals surface area contributed by atoms with Gasteiger partial charge >= 0.3 is 0 Å². The van der Waals surface area contributed by atoms with Crippen LogP contribution in [-0.2, 0) is 0 Å². The average Bonchev–Trinajstić information content (AvgIpc) is 3.59. The predicted molar refractivity (Wildman–Crippen MR) is 138 cm³/mol. The molecule has 0 fully saturated rings. The maximum absolute atomic E-state index is 13.2. The lowest BCUT2D eigenvalue weighted by atomic mass is 10.1. The van der Waals surface area contributed by atoms with Crippen molar-refractivity contribution in [2.24, 2.45) is 0 Å². The number of carbonyl (C=O) groups excluding carboxylic acids is 1. The largest absolute Gasteiger partial charge is 0.497 e. The number of hydrogen-bond acceptors (Lipinski definition) is 7. The Labute approximate surface area is 210 Å². The SMILES string of the molecule is COc1cc(OC)cc(C(=O)Nc2cc(-c3cccs3)nn2-c2nc(-c3ccccc3)cc(=O)[nH]2)c1. The summed E-state index contributed by atoms with van der Waals surface area (Å²) in [6.07, 6.45) is 0. The molecule has 3 heterocycles. The quantitative estimate of drug-likeness (QED) is 0.338. The highest BCUT2D eigenvalue weighted by Crippen LogP contribution is 2.29. The first-order valence-electron chi connectivity index (χ1n) is 10.9. The van der Waals surface area contributed by atoms with E-state index in [-0.39, 0.29) is 11.5 Å². The van der Waals surface area contributed by atoms with Crippen molar-refractivity contribution in [3.63, 3.8) is 0 Å². The number of nitrogens with zero attached hydrogens (tertiary/aromatic N) is 3. The molecule has 2 aromatic carbocycles.